The summed E-state index contributed by atoms with van der Waals surface area (Å²) >= 11 is 6.22. The second-order valence-corrected chi connectivity index (χ2v) is 5.04. The van der Waals surface area contributed by atoms with Crippen LogP contribution in [0.5, 0.6) is 5.75 Å². The van der Waals surface area contributed by atoms with Crippen LogP contribution in [0, 0.1) is 13.8 Å². The Morgan fingerprint density at radius 3 is 2.53 bits per heavy atom. The predicted molar refractivity (Wildman–Crippen MR) is 81.2 cm³/mol. The smallest absolute Gasteiger partial charge is 0.119 e. The molecule has 0 saturated carbocycles. The number of halogens is 1. The maximum Gasteiger partial charge on any atom is 0.119 e. The van der Waals surface area contributed by atoms with E-state index >= 15 is 0 Å². The average molecular weight is 276 g/mol. The molecule has 0 amide bonds. The number of nitrogens with one attached hydrogen (secondary N) is 1. The fourth-order valence-corrected chi connectivity index (χ4v) is 2.25. The lowest BCUT2D eigenvalue weighted by molar-refractivity contribution is 0.414. The number of ether oxygens (including phenoxy) is 1. The molecule has 0 aliphatic carbocycles. The van der Waals surface area contributed by atoms with E-state index in [1.807, 2.05) is 31.2 Å². The molecular weight excluding hydrogens is 258 g/mol. The zero-order chi connectivity index (χ0) is 13.8. The first kappa shape index (κ1) is 13.8. The molecule has 0 bridgehead atoms. The van der Waals surface area contributed by atoms with Crippen LogP contribution in [0.1, 0.15) is 16.7 Å². The highest BCUT2D eigenvalue weighted by atomic mass is 35.5. The molecule has 2 rings (SSSR count). The number of hydrogen-bond acceptors (Lipinski definition) is 2. The van der Waals surface area contributed by atoms with Gasteiger partial charge >= 0.3 is 0 Å². The van der Waals surface area contributed by atoms with Crippen molar-refractivity contribution in [3.8, 4) is 5.75 Å². The van der Waals surface area contributed by atoms with Crippen LogP contribution >= 0.6 is 11.6 Å². The lowest BCUT2D eigenvalue weighted by Gasteiger charge is -2.12. The van der Waals surface area contributed by atoms with Gasteiger partial charge in [-0.15, -0.1) is 0 Å². The van der Waals surface area contributed by atoms with Gasteiger partial charge in [-0.3, -0.25) is 0 Å². The summed E-state index contributed by atoms with van der Waals surface area (Å²) < 4.78 is 5.20. The van der Waals surface area contributed by atoms with Crippen molar-refractivity contribution in [2.45, 2.75) is 20.4 Å². The predicted octanol–water partition coefficient (Wildman–Crippen LogP) is 4.58. The second kappa shape index (κ2) is 5.98. The summed E-state index contributed by atoms with van der Waals surface area (Å²) in [7, 11) is 1.67. The number of benzene rings is 2. The Balaban J connectivity index is 2.10. The van der Waals surface area contributed by atoms with Crippen LogP contribution in [0.4, 0.5) is 5.69 Å². The SMILES string of the molecule is COc1ccc(NCc2ccc(C)cc2Cl)c(C)c1. The summed E-state index contributed by atoms with van der Waals surface area (Å²) in [6.07, 6.45) is 0. The average Bonchev–Trinajstić information content (AvgIpc) is 2.39. The molecule has 0 fully saturated rings. The first-order chi connectivity index (χ1) is 9.10. The van der Waals surface area contributed by atoms with E-state index in [0.717, 1.165) is 27.6 Å². The third-order valence-electron chi connectivity index (χ3n) is 3.11. The van der Waals surface area contributed by atoms with Crippen molar-refractivity contribution in [3.63, 3.8) is 0 Å². The molecular formula is C16H18ClNO. The van der Waals surface area contributed by atoms with Crippen molar-refractivity contribution in [3.05, 3.63) is 58.1 Å². The molecule has 0 aliphatic rings. The van der Waals surface area contributed by atoms with Gasteiger partial charge in [-0.25, -0.2) is 0 Å². The lowest BCUT2D eigenvalue weighted by atomic mass is 10.1. The van der Waals surface area contributed by atoms with Crippen molar-refractivity contribution in [1.82, 2.24) is 0 Å². The minimum atomic E-state index is 0.715. The second-order valence-electron chi connectivity index (χ2n) is 4.63. The lowest BCUT2D eigenvalue weighted by Crippen LogP contribution is -2.02. The van der Waals surface area contributed by atoms with Crippen molar-refractivity contribution in [1.29, 1.82) is 0 Å². The van der Waals surface area contributed by atoms with Crippen LogP contribution in [0.2, 0.25) is 5.02 Å². The molecule has 0 spiro atoms. The largest absolute Gasteiger partial charge is 0.497 e. The summed E-state index contributed by atoms with van der Waals surface area (Å²) in [5, 5.41) is 4.21. The van der Waals surface area contributed by atoms with E-state index in [-0.39, 0.29) is 0 Å². The van der Waals surface area contributed by atoms with E-state index < -0.39 is 0 Å². The van der Waals surface area contributed by atoms with Gasteiger partial charge in [0.05, 0.1) is 7.11 Å². The molecule has 1 N–H and O–H groups in total. The number of rotatable bonds is 4. The Morgan fingerprint density at radius 2 is 1.89 bits per heavy atom. The Morgan fingerprint density at radius 1 is 1.11 bits per heavy atom. The normalized spacial score (nSPS) is 10.3. The van der Waals surface area contributed by atoms with E-state index in [2.05, 4.69) is 24.4 Å². The topological polar surface area (TPSA) is 21.3 Å². The van der Waals surface area contributed by atoms with Crippen LogP contribution < -0.4 is 10.1 Å². The minimum Gasteiger partial charge on any atom is -0.497 e. The molecule has 3 heteroatoms. The number of aryl methyl sites for hydroxylation is 2. The summed E-state index contributed by atoms with van der Waals surface area (Å²) in [5.74, 6) is 0.872. The molecule has 0 saturated heterocycles. The van der Waals surface area contributed by atoms with Gasteiger partial charge in [0.1, 0.15) is 5.75 Å². The van der Waals surface area contributed by atoms with Crippen molar-refractivity contribution in [2.75, 3.05) is 12.4 Å². The van der Waals surface area contributed by atoms with Crippen LogP contribution in [0.15, 0.2) is 36.4 Å². The molecule has 0 atom stereocenters. The number of methoxy groups -OCH3 is 1. The first-order valence-electron chi connectivity index (χ1n) is 6.23. The van der Waals surface area contributed by atoms with Gasteiger partial charge in [0, 0.05) is 17.3 Å². The molecule has 19 heavy (non-hydrogen) atoms. The van der Waals surface area contributed by atoms with Crippen molar-refractivity contribution < 1.29 is 4.74 Å². The van der Waals surface area contributed by atoms with Gasteiger partial charge < -0.3 is 10.1 Å². The zero-order valence-electron chi connectivity index (χ0n) is 11.5. The Bertz CT molecular complexity index is 581. The van der Waals surface area contributed by atoms with Crippen LogP contribution in [0.25, 0.3) is 0 Å². The third-order valence-corrected chi connectivity index (χ3v) is 3.46. The van der Waals surface area contributed by atoms with Gasteiger partial charge in [0.25, 0.3) is 0 Å². The molecule has 2 aromatic carbocycles. The van der Waals surface area contributed by atoms with E-state index in [9.17, 15) is 0 Å². The van der Waals surface area contributed by atoms with E-state index in [1.165, 1.54) is 5.56 Å². The Kier molecular flexibility index (Phi) is 4.33. The van der Waals surface area contributed by atoms with Crippen molar-refractivity contribution >= 4 is 17.3 Å². The van der Waals surface area contributed by atoms with E-state index in [0.29, 0.717) is 6.54 Å². The quantitative estimate of drug-likeness (QED) is 0.882. The fraction of sp³-hybridized carbons (Fsp3) is 0.250. The fourth-order valence-electron chi connectivity index (χ4n) is 1.95. The zero-order valence-corrected chi connectivity index (χ0v) is 12.2. The standard InChI is InChI=1S/C16H18ClNO/c1-11-4-5-13(15(17)8-11)10-18-16-7-6-14(19-3)9-12(16)2/h4-9,18H,10H2,1-3H3. The third kappa shape index (κ3) is 3.42. The van der Waals surface area contributed by atoms with Gasteiger partial charge in [0.2, 0.25) is 0 Å². The van der Waals surface area contributed by atoms with Gasteiger partial charge in [-0.05, 0) is 54.8 Å². The Hall–Kier alpha value is -1.67. The maximum atomic E-state index is 6.22. The van der Waals surface area contributed by atoms with E-state index in [4.69, 9.17) is 16.3 Å². The molecule has 0 unspecified atom stereocenters. The highest BCUT2D eigenvalue weighted by molar-refractivity contribution is 6.31. The van der Waals surface area contributed by atoms with Gasteiger partial charge in [-0.1, -0.05) is 23.7 Å². The van der Waals surface area contributed by atoms with Gasteiger partial charge in [-0.2, -0.15) is 0 Å². The van der Waals surface area contributed by atoms with Gasteiger partial charge in [0.15, 0.2) is 0 Å². The molecule has 0 aliphatic heterocycles. The molecule has 0 heterocycles. The van der Waals surface area contributed by atoms with Crippen LogP contribution in [-0.2, 0) is 6.54 Å². The molecule has 0 radical (unpaired) electrons. The highest BCUT2D eigenvalue weighted by Gasteiger charge is 2.03. The maximum absolute atomic E-state index is 6.22. The first-order valence-corrected chi connectivity index (χ1v) is 6.61. The monoisotopic (exact) mass is 275 g/mol. The summed E-state index contributed by atoms with van der Waals surface area (Å²) in [6.45, 7) is 4.81. The highest BCUT2D eigenvalue weighted by Crippen LogP contribution is 2.23. The molecule has 100 valence electrons. The molecule has 2 nitrogen and oxygen atoms in total. The van der Waals surface area contributed by atoms with E-state index in [1.54, 1.807) is 7.11 Å². The van der Waals surface area contributed by atoms with Crippen LogP contribution in [0.3, 0.4) is 0 Å². The summed E-state index contributed by atoms with van der Waals surface area (Å²) in [6, 6.07) is 12.1. The van der Waals surface area contributed by atoms with Crippen molar-refractivity contribution in [2.24, 2.45) is 0 Å². The number of anilines is 1. The minimum absolute atomic E-state index is 0.715. The molecule has 2 aromatic rings. The Labute approximate surface area is 119 Å². The van der Waals surface area contributed by atoms with Crippen LogP contribution in [-0.4, -0.2) is 7.11 Å². The summed E-state index contributed by atoms with van der Waals surface area (Å²) in [5.41, 5.74) is 4.52. The number of hydrogen-bond donors (Lipinski definition) is 1. The molecule has 0 aromatic heterocycles. The summed E-state index contributed by atoms with van der Waals surface area (Å²) in [4.78, 5) is 0.